The van der Waals surface area contributed by atoms with Crippen molar-refractivity contribution in [2.45, 2.75) is 33.1 Å². The largest absolute Gasteiger partial charge is 0.303 e. The predicted molar refractivity (Wildman–Crippen MR) is 51.8 cm³/mol. The third kappa shape index (κ3) is 6.11. The maximum absolute atomic E-state index is 2.36. The van der Waals surface area contributed by atoms with Crippen LogP contribution in [0.5, 0.6) is 0 Å². The Labute approximate surface area is 71.1 Å². The molecule has 0 N–H and O–H groups in total. The van der Waals surface area contributed by atoms with E-state index in [1.54, 1.807) is 0 Å². The molecule has 66 valence electrons. The number of hydrogen-bond acceptors (Lipinski definition) is 1. The molecule has 0 amide bonds. The summed E-state index contributed by atoms with van der Waals surface area (Å²) in [6.45, 7) is 6.41. The quantitative estimate of drug-likeness (QED) is 0.486. The van der Waals surface area contributed by atoms with E-state index in [0.717, 1.165) is 6.54 Å². The van der Waals surface area contributed by atoms with E-state index in [1.807, 2.05) is 13.8 Å². The molecule has 0 saturated heterocycles. The predicted octanol–water partition coefficient (Wildman–Crippen LogP) is 2.68. The molecule has 0 fully saturated rings. The van der Waals surface area contributed by atoms with Gasteiger partial charge in [0.25, 0.3) is 0 Å². The topological polar surface area (TPSA) is 3.24 Å². The zero-order valence-electron chi connectivity index (χ0n) is 8.14. The maximum Gasteiger partial charge on any atom is 0.0160 e. The Hall–Kier alpha value is -0.300. The van der Waals surface area contributed by atoms with E-state index >= 15 is 0 Å². The molecule has 1 heterocycles. The molecular formula is C10H21N. The van der Waals surface area contributed by atoms with Crippen molar-refractivity contribution < 1.29 is 0 Å². The Morgan fingerprint density at radius 2 is 1.82 bits per heavy atom. The van der Waals surface area contributed by atoms with Crippen LogP contribution in [0.15, 0.2) is 12.2 Å². The summed E-state index contributed by atoms with van der Waals surface area (Å²) in [5.41, 5.74) is 0. The van der Waals surface area contributed by atoms with Crippen LogP contribution in [0.25, 0.3) is 0 Å². The molecule has 0 aromatic heterocycles. The Balaban J connectivity index is 0.000000461. The zero-order chi connectivity index (χ0) is 8.53. The van der Waals surface area contributed by atoms with Crippen LogP contribution < -0.4 is 0 Å². The van der Waals surface area contributed by atoms with Crippen molar-refractivity contribution in [1.29, 1.82) is 0 Å². The molecule has 0 radical (unpaired) electrons. The standard InChI is InChI=1S/C8H15N.C2H6/c1-9-7-5-3-2-4-6-8-9;1-2/h3,5H,2,4,6-8H2,1H3;1-2H3. The van der Waals surface area contributed by atoms with Crippen molar-refractivity contribution in [2.75, 3.05) is 20.1 Å². The second-order valence-corrected chi connectivity index (χ2v) is 2.73. The van der Waals surface area contributed by atoms with Gasteiger partial charge < -0.3 is 4.90 Å². The van der Waals surface area contributed by atoms with Gasteiger partial charge in [0.2, 0.25) is 0 Å². The Morgan fingerprint density at radius 1 is 1.09 bits per heavy atom. The lowest BCUT2D eigenvalue weighted by atomic mass is 10.2. The van der Waals surface area contributed by atoms with Gasteiger partial charge in [-0.1, -0.05) is 26.0 Å². The van der Waals surface area contributed by atoms with E-state index in [0.29, 0.717) is 0 Å². The lowest BCUT2D eigenvalue weighted by Crippen LogP contribution is -2.20. The molecule has 0 bridgehead atoms. The van der Waals surface area contributed by atoms with Crippen LogP contribution in [0, 0.1) is 0 Å². The normalized spacial score (nSPS) is 19.5. The molecule has 0 spiro atoms. The molecule has 11 heavy (non-hydrogen) atoms. The molecule has 0 aromatic carbocycles. The lowest BCUT2D eigenvalue weighted by molar-refractivity contribution is 0.355. The highest BCUT2D eigenvalue weighted by atomic mass is 15.1. The van der Waals surface area contributed by atoms with Gasteiger partial charge in [-0.05, 0) is 32.9 Å². The van der Waals surface area contributed by atoms with Crippen molar-refractivity contribution in [3.8, 4) is 0 Å². The molecule has 0 saturated carbocycles. The number of rotatable bonds is 0. The van der Waals surface area contributed by atoms with Gasteiger partial charge in [-0.3, -0.25) is 0 Å². The molecule has 1 nitrogen and oxygen atoms in total. The summed E-state index contributed by atoms with van der Waals surface area (Å²) in [4.78, 5) is 2.36. The molecular weight excluding hydrogens is 134 g/mol. The van der Waals surface area contributed by atoms with Crippen LogP contribution in [0.3, 0.4) is 0 Å². The molecule has 0 unspecified atom stereocenters. The first-order valence-electron chi connectivity index (χ1n) is 4.73. The van der Waals surface area contributed by atoms with Gasteiger partial charge >= 0.3 is 0 Å². The van der Waals surface area contributed by atoms with Crippen molar-refractivity contribution in [3.63, 3.8) is 0 Å². The van der Waals surface area contributed by atoms with Crippen molar-refractivity contribution in [1.82, 2.24) is 4.90 Å². The Kier molecular flexibility index (Phi) is 7.59. The summed E-state index contributed by atoms with van der Waals surface area (Å²) >= 11 is 0. The number of hydrogen-bond donors (Lipinski definition) is 0. The highest BCUT2D eigenvalue weighted by molar-refractivity contribution is 4.85. The zero-order valence-corrected chi connectivity index (χ0v) is 8.14. The van der Waals surface area contributed by atoms with Crippen LogP contribution >= 0.6 is 0 Å². The molecule has 0 aliphatic carbocycles. The Bertz CT molecular complexity index is 97.0. The van der Waals surface area contributed by atoms with Gasteiger partial charge in [-0.2, -0.15) is 0 Å². The second-order valence-electron chi connectivity index (χ2n) is 2.73. The van der Waals surface area contributed by atoms with Crippen LogP contribution in [0.4, 0.5) is 0 Å². The van der Waals surface area contributed by atoms with E-state index in [-0.39, 0.29) is 0 Å². The average Bonchev–Trinajstić information content (AvgIpc) is 2.01. The Morgan fingerprint density at radius 3 is 2.55 bits per heavy atom. The van der Waals surface area contributed by atoms with Gasteiger partial charge in [-0.25, -0.2) is 0 Å². The summed E-state index contributed by atoms with van der Waals surface area (Å²) < 4.78 is 0. The van der Waals surface area contributed by atoms with Crippen molar-refractivity contribution >= 4 is 0 Å². The van der Waals surface area contributed by atoms with Crippen molar-refractivity contribution in [2.24, 2.45) is 0 Å². The van der Waals surface area contributed by atoms with E-state index in [9.17, 15) is 0 Å². The summed E-state index contributed by atoms with van der Waals surface area (Å²) in [5, 5.41) is 0. The number of nitrogens with zero attached hydrogens (tertiary/aromatic N) is 1. The van der Waals surface area contributed by atoms with E-state index in [2.05, 4.69) is 24.1 Å². The maximum atomic E-state index is 2.36. The third-order valence-corrected chi connectivity index (χ3v) is 1.74. The molecule has 1 aliphatic rings. The lowest BCUT2D eigenvalue weighted by Gasteiger charge is -2.15. The van der Waals surface area contributed by atoms with Gasteiger partial charge in [0, 0.05) is 6.54 Å². The summed E-state index contributed by atoms with van der Waals surface area (Å²) in [7, 11) is 2.18. The fourth-order valence-electron chi connectivity index (χ4n) is 1.11. The minimum atomic E-state index is 1.14. The van der Waals surface area contributed by atoms with E-state index in [1.165, 1.54) is 25.8 Å². The van der Waals surface area contributed by atoms with Crippen LogP contribution in [0.1, 0.15) is 33.1 Å². The monoisotopic (exact) mass is 155 g/mol. The highest BCUT2D eigenvalue weighted by Crippen LogP contribution is 2.01. The summed E-state index contributed by atoms with van der Waals surface area (Å²) in [5.74, 6) is 0. The molecule has 1 rings (SSSR count). The van der Waals surface area contributed by atoms with Gasteiger partial charge in [-0.15, -0.1) is 0 Å². The minimum Gasteiger partial charge on any atom is -0.303 e. The van der Waals surface area contributed by atoms with Gasteiger partial charge in [0.1, 0.15) is 0 Å². The number of allylic oxidation sites excluding steroid dienone is 1. The smallest absolute Gasteiger partial charge is 0.0160 e. The summed E-state index contributed by atoms with van der Waals surface area (Å²) in [6, 6.07) is 0. The van der Waals surface area contributed by atoms with Gasteiger partial charge in [0.15, 0.2) is 0 Å². The first kappa shape index (κ1) is 10.7. The fourth-order valence-corrected chi connectivity index (χ4v) is 1.11. The minimum absolute atomic E-state index is 1.14. The molecule has 1 aliphatic heterocycles. The molecule has 0 aromatic rings. The average molecular weight is 155 g/mol. The van der Waals surface area contributed by atoms with E-state index in [4.69, 9.17) is 0 Å². The van der Waals surface area contributed by atoms with Crippen LogP contribution in [0.2, 0.25) is 0 Å². The van der Waals surface area contributed by atoms with Crippen molar-refractivity contribution in [3.05, 3.63) is 12.2 Å². The summed E-state index contributed by atoms with van der Waals surface area (Å²) in [6.07, 6.45) is 8.56. The first-order valence-corrected chi connectivity index (χ1v) is 4.73. The number of likely N-dealkylation sites (N-methyl/N-ethyl adjacent to an activating group) is 1. The van der Waals surface area contributed by atoms with Crippen LogP contribution in [-0.4, -0.2) is 25.0 Å². The van der Waals surface area contributed by atoms with Crippen LogP contribution in [-0.2, 0) is 0 Å². The van der Waals surface area contributed by atoms with Gasteiger partial charge in [0.05, 0.1) is 0 Å². The third-order valence-electron chi connectivity index (χ3n) is 1.74. The second kappa shape index (κ2) is 7.80. The van der Waals surface area contributed by atoms with E-state index < -0.39 is 0 Å². The highest BCUT2D eigenvalue weighted by Gasteiger charge is 1.96. The first-order chi connectivity index (χ1) is 5.39. The fraction of sp³-hybridized carbons (Fsp3) is 0.800. The SMILES string of the molecule is CC.CN1CC=CCCCC1. The molecule has 0 atom stereocenters. The molecule has 1 heteroatoms.